The highest BCUT2D eigenvalue weighted by atomic mass is 16.6. The molecule has 0 aromatic heterocycles. The molecule has 0 aliphatic carbocycles. The maximum atomic E-state index is 11.5. The molecule has 1 aromatic rings. The Kier molecular flexibility index (Phi) is 4.35. The number of hydrogen-bond acceptors (Lipinski definition) is 4. The first-order valence-corrected chi connectivity index (χ1v) is 6.37. The van der Waals surface area contributed by atoms with Gasteiger partial charge in [0, 0.05) is 5.57 Å². The minimum Gasteiger partial charge on any atom is -0.463 e. The summed E-state index contributed by atoms with van der Waals surface area (Å²) >= 11 is 0. The van der Waals surface area contributed by atoms with Crippen molar-refractivity contribution in [3.05, 3.63) is 41.0 Å². The first-order valence-electron chi connectivity index (χ1n) is 6.37. The van der Waals surface area contributed by atoms with Crippen molar-refractivity contribution < 1.29 is 19.4 Å². The van der Waals surface area contributed by atoms with Crippen LogP contribution in [-0.4, -0.2) is 30.4 Å². The van der Waals surface area contributed by atoms with Crippen LogP contribution in [0.5, 0.6) is 0 Å². The van der Waals surface area contributed by atoms with Gasteiger partial charge in [0.15, 0.2) is 0 Å². The third kappa shape index (κ3) is 3.43. The Bertz CT molecular complexity index is 493. The number of aliphatic hydroxyl groups is 1. The van der Waals surface area contributed by atoms with Gasteiger partial charge in [0.05, 0.1) is 13.2 Å². The number of aliphatic hydroxyl groups excluding tert-OH is 1. The summed E-state index contributed by atoms with van der Waals surface area (Å²) in [5.41, 5.74) is 2.51. The Morgan fingerprint density at radius 2 is 2.32 bits per heavy atom. The Balaban J connectivity index is 2.11. The van der Waals surface area contributed by atoms with E-state index in [-0.39, 0.29) is 24.8 Å². The van der Waals surface area contributed by atoms with Gasteiger partial charge in [-0.3, -0.25) is 0 Å². The van der Waals surface area contributed by atoms with Crippen LogP contribution in [0.4, 0.5) is 0 Å². The van der Waals surface area contributed by atoms with Crippen molar-refractivity contribution in [1.82, 2.24) is 0 Å². The van der Waals surface area contributed by atoms with Gasteiger partial charge < -0.3 is 14.6 Å². The second-order valence-corrected chi connectivity index (χ2v) is 4.50. The maximum absolute atomic E-state index is 11.5. The molecule has 2 atom stereocenters. The molecule has 0 unspecified atom stereocenters. The molecule has 102 valence electrons. The normalized spacial score (nSPS) is 22.2. The highest BCUT2D eigenvalue weighted by Gasteiger charge is 2.39. The van der Waals surface area contributed by atoms with Crippen molar-refractivity contribution in [2.24, 2.45) is 0 Å². The Labute approximate surface area is 112 Å². The van der Waals surface area contributed by atoms with Crippen LogP contribution in [0.2, 0.25) is 0 Å². The van der Waals surface area contributed by atoms with Crippen molar-refractivity contribution in [3.63, 3.8) is 0 Å². The lowest BCUT2D eigenvalue weighted by molar-refractivity contribution is -0.138. The first kappa shape index (κ1) is 13.8. The molecule has 4 heteroatoms. The van der Waals surface area contributed by atoms with E-state index in [1.165, 1.54) is 0 Å². The second-order valence-electron chi connectivity index (χ2n) is 4.50. The Morgan fingerprint density at radius 1 is 1.53 bits per heavy atom. The molecule has 1 saturated heterocycles. The summed E-state index contributed by atoms with van der Waals surface area (Å²) in [6, 6.07) is 7.75. The first-order chi connectivity index (χ1) is 9.15. The molecule has 2 rings (SSSR count). The van der Waals surface area contributed by atoms with Crippen molar-refractivity contribution in [3.8, 4) is 0 Å². The molecule has 0 radical (unpaired) electrons. The summed E-state index contributed by atoms with van der Waals surface area (Å²) in [7, 11) is 0. The molecule has 1 aromatic carbocycles. The lowest BCUT2D eigenvalue weighted by Crippen LogP contribution is -2.04. The summed E-state index contributed by atoms with van der Waals surface area (Å²) in [5, 5.41) is 8.99. The van der Waals surface area contributed by atoms with E-state index in [0.717, 1.165) is 11.1 Å². The molecule has 0 amide bonds. The van der Waals surface area contributed by atoms with Crippen LogP contribution in [0.1, 0.15) is 31.1 Å². The number of epoxide rings is 1. The molecule has 1 heterocycles. The number of carbonyl (C=O) groups excluding carboxylic acids is 1. The van der Waals surface area contributed by atoms with Gasteiger partial charge in [-0.25, -0.2) is 4.79 Å². The fraction of sp³-hybridized carbons (Fsp3) is 0.400. The van der Waals surface area contributed by atoms with E-state index in [9.17, 15) is 4.79 Å². The quantitative estimate of drug-likeness (QED) is 0.501. The number of benzene rings is 1. The zero-order chi connectivity index (χ0) is 13.8. The summed E-state index contributed by atoms with van der Waals surface area (Å²) in [5.74, 6) is -0.302. The average molecular weight is 262 g/mol. The van der Waals surface area contributed by atoms with Crippen molar-refractivity contribution in [2.75, 3.05) is 13.2 Å². The van der Waals surface area contributed by atoms with Gasteiger partial charge in [-0.2, -0.15) is 0 Å². The Morgan fingerprint density at radius 3 is 2.95 bits per heavy atom. The van der Waals surface area contributed by atoms with E-state index >= 15 is 0 Å². The lowest BCUT2D eigenvalue weighted by Gasteiger charge is -2.03. The molecule has 4 nitrogen and oxygen atoms in total. The van der Waals surface area contributed by atoms with E-state index in [1.807, 2.05) is 24.3 Å². The van der Waals surface area contributed by atoms with Gasteiger partial charge in [-0.15, -0.1) is 0 Å². The van der Waals surface area contributed by atoms with Gasteiger partial charge in [-0.05, 0) is 37.1 Å². The van der Waals surface area contributed by atoms with E-state index in [4.69, 9.17) is 14.6 Å². The number of rotatable bonds is 5. The van der Waals surface area contributed by atoms with Crippen LogP contribution in [0.3, 0.4) is 0 Å². The smallest absolute Gasteiger partial charge is 0.333 e. The van der Waals surface area contributed by atoms with Crippen LogP contribution in [0.15, 0.2) is 29.8 Å². The zero-order valence-corrected chi connectivity index (χ0v) is 11.1. The third-order valence-electron chi connectivity index (χ3n) is 2.98. The van der Waals surface area contributed by atoms with E-state index in [0.29, 0.717) is 12.2 Å². The van der Waals surface area contributed by atoms with Gasteiger partial charge in [0.2, 0.25) is 0 Å². The molecule has 1 aliphatic heterocycles. The molecule has 1 N–H and O–H groups in total. The van der Waals surface area contributed by atoms with Gasteiger partial charge >= 0.3 is 5.97 Å². The number of esters is 1. The van der Waals surface area contributed by atoms with Crippen LogP contribution in [-0.2, 0) is 14.3 Å². The van der Waals surface area contributed by atoms with Crippen LogP contribution < -0.4 is 0 Å². The van der Waals surface area contributed by atoms with Crippen LogP contribution >= 0.6 is 0 Å². The molecular formula is C15H18O4. The predicted molar refractivity (Wildman–Crippen MR) is 71.4 cm³/mol. The fourth-order valence-corrected chi connectivity index (χ4v) is 1.95. The van der Waals surface area contributed by atoms with Crippen molar-refractivity contribution in [1.29, 1.82) is 0 Å². The predicted octanol–water partition coefficient (Wildman–Crippen LogP) is 2.09. The van der Waals surface area contributed by atoms with E-state index in [1.54, 1.807) is 19.9 Å². The minimum absolute atomic E-state index is 0.0266. The number of hydrogen-bond donors (Lipinski definition) is 1. The fourth-order valence-electron chi connectivity index (χ4n) is 1.95. The maximum Gasteiger partial charge on any atom is 0.333 e. The molecular weight excluding hydrogens is 244 g/mol. The Hall–Kier alpha value is -1.65. The molecule has 0 bridgehead atoms. The SMILES string of the molecule is CCOC(=O)C(C)=Cc1cccc([C@@H]2O[C@H]2CO)c1. The highest BCUT2D eigenvalue weighted by molar-refractivity contribution is 5.93. The van der Waals surface area contributed by atoms with Gasteiger partial charge in [0.1, 0.15) is 12.2 Å². The van der Waals surface area contributed by atoms with Crippen molar-refractivity contribution in [2.45, 2.75) is 26.1 Å². The molecule has 1 fully saturated rings. The molecule has 0 saturated carbocycles. The molecule has 19 heavy (non-hydrogen) atoms. The monoisotopic (exact) mass is 262 g/mol. The summed E-state index contributed by atoms with van der Waals surface area (Å²) in [6.07, 6.45) is 1.67. The van der Waals surface area contributed by atoms with Gasteiger partial charge in [0.25, 0.3) is 0 Å². The minimum atomic E-state index is -0.302. The zero-order valence-electron chi connectivity index (χ0n) is 11.1. The van der Waals surface area contributed by atoms with E-state index < -0.39 is 0 Å². The second kappa shape index (κ2) is 5.99. The summed E-state index contributed by atoms with van der Waals surface area (Å²) < 4.78 is 10.3. The summed E-state index contributed by atoms with van der Waals surface area (Å²) in [4.78, 5) is 11.5. The van der Waals surface area contributed by atoms with Crippen LogP contribution in [0.25, 0.3) is 6.08 Å². The summed E-state index contributed by atoms with van der Waals surface area (Å²) in [6.45, 7) is 3.92. The topological polar surface area (TPSA) is 59.1 Å². The standard InChI is InChI=1S/C15H18O4/c1-3-18-15(17)10(2)7-11-5-4-6-12(8-11)14-13(9-16)19-14/h4-8,13-14,16H,3,9H2,1-2H3/t13-,14-/m0/s1. The largest absolute Gasteiger partial charge is 0.463 e. The molecule has 1 aliphatic rings. The van der Waals surface area contributed by atoms with Gasteiger partial charge in [-0.1, -0.05) is 18.2 Å². The highest BCUT2D eigenvalue weighted by Crippen LogP contribution is 2.38. The third-order valence-corrected chi connectivity index (χ3v) is 2.98. The number of carbonyl (C=O) groups is 1. The molecule has 0 spiro atoms. The average Bonchev–Trinajstić information content (AvgIpc) is 3.19. The van der Waals surface area contributed by atoms with E-state index in [2.05, 4.69) is 0 Å². The number of ether oxygens (including phenoxy) is 2. The van der Waals surface area contributed by atoms with Crippen LogP contribution in [0, 0.1) is 0 Å². The lowest BCUT2D eigenvalue weighted by atomic mass is 10.0. The van der Waals surface area contributed by atoms with Crippen molar-refractivity contribution >= 4 is 12.0 Å².